The first-order valence-electron chi connectivity index (χ1n) is 12.1. The predicted molar refractivity (Wildman–Crippen MR) is 113 cm³/mol. The molecule has 0 aromatic carbocycles. The van der Waals surface area contributed by atoms with Crippen LogP contribution in [0.5, 0.6) is 0 Å². The third kappa shape index (κ3) is 4.56. The molecule has 0 spiro atoms. The maximum atomic E-state index is 6.55. The SMILES string of the molecule is CCN1C(/C=C/N(C)C2CCCCC2)OC2CCC(C3CCCCC3)CC21. The Morgan fingerprint density at radius 3 is 2.30 bits per heavy atom. The number of fused-ring (bicyclic) bond motifs is 1. The van der Waals surface area contributed by atoms with Crippen molar-refractivity contribution in [2.75, 3.05) is 13.6 Å². The van der Waals surface area contributed by atoms with Gasteiger partial charge in [-0.15, -0.1) is 0 Å². The van der Waals surface area contributed by atoms with E-state index in [-0.39, 0.29) is 6.23 Å². The summed E-state index contributed by atoms with van der Waals surface area (Å²) in [6.45, 7) is 3.43. The van der Waals surface area contributed by atoms with Crippen LogP contribution >= 0.6 is 0 Å². The van der Waals surface area contributed by atoms with Gasteiger partial charge < -0.3 is 9.64 Å². The first-order valence-corrected chi connectivity index (χ1v) is 12.1. The van der Waals surface area contributed by atoms with E-state index in [9.17, 15) is 0 Å². The molecule has 4 rings (SSSR count). The van der Waals surface area contributed by atoms with E-state index in [1.807, 2.05) is 0 Å². The number of hydrogen-bond acceptors (Lipinski definition) is 3. The van der Waals surface area contributed by atoms with Gasteiger partial charge in [0.15, 0.2) is 0 Å². The van der Waals surface area contributed by atoms with Crippen molar-refractivity contribution in [3.8, 4) is 0 Å². The zero-order valence-electron chi connectivity index (χ0n) is 17.8. The van der Waals surface area contributed by atoms with Gasteiger partial charge >= 0.3 is 0 Å². The van der Waals surface area contributed by atoms with Gasteiger partial charge in [-0.25, -0.2) is 0 Å². The van der Waals surface area contributed by atoms with E-state index < -0.39 is 0 Å². The van der Waals surface area contributed by atoms with E-state index in [0.717, 1.165) is 24.4 Å². The molecule has 1 saturated heterocycles. The van der Waals surface area contributed by atoms with Crippen LogP contribution in [0.25, 0.3) is 0 Å². The highest BCUT2D eigenvalue weighted by atomic mass is 16.5. The maximum Gasteiger partial charge on any atom is 0.132 e. The Kier molecular flexibility index (Phi) is 6.81. The highest BCUT2D eigenvalue weighted by molar-refractivity contribution is 5.02. The standard InChI is InChI=1S/C24H42N2O/c1-3-26-22-18-20(19-10-6-4-7-11-19)14-15-23(22)27-24(26)16-17-25(2)21-12-8-5-9-13-21/h16-17,19-24H,3-15,18H2,1-2H3/b17-16+. The predicted octanol–water partition coefficient (Wildman–Crippen LogP) is 5.56. The van der Waals surface area contributed by atoms with Gasteiger partial charge in [0.1, 0.15) is 6.23 Å². The summed E-state index contributed by atoms with van der Waals surface area (Å²) in [6, 6.07) is 1.40. The molecule has 4 fully saturated rings. The van der Waals surface area contributed by atoms with Crippen LogP contribution in [-0.2, 0) is 4.74 Å². The molecule has 154 valence electrons. The minimum atomic E-state index is 0.196. The Hall–Kier alpha value is -0.540. The lowest BCUT2D eigenvalue weighted by atomic mass is 9.71. The van der Waals surface area contributed by atoms with Crippen molar-refractivity contribution in [2.45, 2.75) is 115 Å². The van der Waals surface area contributed by atoms with Crippen LogP contribution in [0.4, 0.5) is 0 Å². The summed E-state index contributed by atoms with van der Waals surface area (Å²) >= 11 is 0. The van der Waals surface area contributed by atoms with Gasteiger partial charge in [0.25, 0.3) is 0 Å². The van der Waals surface area contributed by atoms with Gasteiger partial charge in [0, 0.05) is 19.1 Å². The second kappa shape index (κ2) is 9.31. The van der Waals surface area contributed by atoms with Crippen molar-refractivity contribution in [1.29, 1.82) is 0 Å². The van der Waals surface area contributed by atoms with E-state index in [2.05, 4.69) is 36.0 Å². The molecular formula is C24H42N2O. The minimum Gasteiger partial charge on any atom is -0.378 e. The summed E-state index contributed by atoms with van der Waals surface area (Å²) < 4.78 is 6.55. The van der Waals surface area contributed by atoms with E-state index >= 15 is 0 Å². The fourth-order valence-corrected chi connectivity index (χ4v) is 6.53. The summed E-state index contributed by atoms with van der Waals surface area (Å²) in [7, 11) is 2.27. The number of rotatable bonds is 5. The molecule has 4 aliphatic rings. The third-order valence-electron chi connectivity index (χ3n) is 8.18. The van der Waals surface area contributed by atoms with Crippen LogP contribution in [-0.4, -0.2) is 47.8 Å². The molecule has 0 radical (unpaired) electrons. The Labute approximate surface area is 167 Å². The molecule has 0 aromatic heterocycles. The summed E-state index contributed by atoms with van der Waals surface area (Å²) in [6.07, 6.45) is 23.8. The van der Waals surface area contributed by atoms with Gasteiger partial charge in [0.05, 0.1) is 6.10 Å². The van der Waals surface area contributed by atoms with Crippen LogP contribution in [0.1, 0.15) is 90.4 Å². The summed E-state index contributed by atoms with van der Waals surface area (Å²) in [5.74, 6) is 1.96. The zero-order valence-corrected chi connectivity index (χ0v) is 17.8. The molecule has 3 aliphatic carbocycles. The second-order valence-electron chi connectivity index (χ2n) is 9.73. The van der Waals surface area contributed by atoms with Crippen LogP contribution < -0.4 is 0 Å². The fourth-order valence-electron chi connectivity index (χ4n) is 6.53. The van der Waals surface area contributed by atoms with E-state index in [1.54, 1.807) is 0 Å². The average molecular weight is 375 g/mol. The van der Waals surface area contributed by atoms with Gasteiger partial charge in [-0.3, -0.25) is 4.90 Å². The summed E-state index contributed by atoms with van der Waals surface area (Å²) in [5, 5.41) is 0. The highest BCUT2D eigenvalue weighted by Crippen LogP contribution is 2.43. The van der Waals surface area contributed by atoms with Crippen molar-refractivity contribution in [3.05, 3.63) is 12.3 Å². The quantitative estimate of drug-likeness (QED) is 0.626. The van der Waals surface area contributed by atoms with Crippen LogP contribution in [0, 0.1) is 11.8 Å². The number of ether oxygens (including phenoxy) is 1. The molecule has 3 saturated carbocycles. The molecule has 3 nitrogen and oxygen atoms in total. The lowest BCUT2D eigenvalue weighted by Crippen LogP contribution is -2.43. The molecule has 27 heavy (non-hydrogen) atoms. The Morgan fingerprint density at radius 2 is 1.59 bits per heavy atom. The molecule has 1 aliphatic heterocycles. The lowest BCUT2D eigenvalue weighted by molar-refractivity contribution is 0.0223. The van der Waals surface area contributed by atoms with Crippen molar-refractivity contribution in [3.63, 3.8) is 0 Å². The van der Waals surface area contributed by atoms with Crippen molar-refractivity contribution < 1.29 is 4.74 Å². The molecule has 4 atom stereocenters. The largest absolute Gasteiger partial charge is 0.378 e. The second-order valence-corrected chi connectivity index (χ2v) is 9.73. The van der Waals surface area contributed by atoms with Gasteiger partial charge in [-0.1, -0.05) is 58.3 Å². The van der Waals surface area contributed by atoms with Crippen molar-refractivity contribution in [2.24, 2.45) is 11.8 Å². The van der Waals surface area contributed by atoms with Crippen LogP contribution in [0.15, 0.2) is 12.3 Å². The fraction of sp³-hybridized carbons (Fsp3) is 0.917. The molecular weight excluding hydrogens is 332 g/mol. The van der Waals surface area contributed by atoms with Crippen molar-refractivity contribution >= 4 is 0 Å². The Morgan fingerprint density at radius 1 is 0.889 bits per heavy atom. The van der Waals surface area contributed by atoms with Crippen molar-refractivity contribution in [1.82, 2.24) is 9.80 Å². The summed E-state index contributed by atoms with van der Waals surface area (Å²) in [4.78, 5) is 5.12. The molecule has 0 N–H and O–H groups in total. The monoisotopic (exact) mass is 374 g/mol. The van der Waals surface area contributed by atoms with Crippen LogP contribution in [0.2, 0.25) is 0 Å². The maximum absolute atomic E-state index is 6.55. The zero-order chi connectivity index (χ0) is 18.6. The number of nitrogens with zero attached hydrogens (tertiary/aromatic N) is 2. The molecule has 3 heteroatoms. The van der Waals surface area contributed by atoms with Gasteiger partial charge in [-0.2, -0.15) is 0 Å². The highest BCUT2D eigenvalue weighted by Gasteiger charge is 2.45. The first-order chi connectivity index (χ1) is 13.3. The van der Waals surface area contributed by atoms with E-state index in [0.29, 0.717) is 12.1 Å². The van der Waals surface area contributed by atoms with Gasteiger partial charge in [-0.05, 0) is 62.8 Å². The number of hydrogen-bond donors (Lipinski definition) is 0. The van der Waals surface area contributed by atoms with E-state index in [4.69, 9.17) is 4.74 Å². The molecule has 0 bridgehead atoms. The minimum absolute atomic E-state index is 0.196. The lowest BCUT2D eigenvalue weighted by Gasteiger charge is -2.39. The molecule has 4 unspecified atom stereocenters. The topological polar surface area (TPSA) is 15.7 Å². The van der Waals surface area contributed by atoms with E-state index in [1.165, 1.54) is 83.5 Å². The molecule has 0 aromatic rings. The molecule has 1 heterocycles. The van der Waals surface area contributed by atoms with Crippen LogP contribution in [0.3, 0.4) is 0 Å². The smallest absolute Gasteiger partial charge is 0.132 e. The summed E-state index contributed by atoms with van der Waals surface area (Å²) in [5.41, 5.74) is 0. The Balaban J connectivity index is 1.35. The third-order valence-corrected chi connectivity index (χ3v) is 8.18. The normalized spacial score (nSPS) is 37.0. The molecule has 0 amide bonds. The number of likely N-dealkylation sites (N-methyl/N-ethyl adjacent to an activating group) is 1. The Bertz CT molecular complexity index is 481. The first kappa shape index (κ1) is 19.8. The average Bonchev–Trinajstić information content (AvgIpc) is 3.10. The van der Waals surface area contributed by atoms with Gasteiger partial charge in [0.2, 0.25) is 0 Å².